The average molecular weight is 247 g/mol. The first kappa shape index (κ1) is 11.5. The second kappa shape index (κ2) is 4.57. The Bertz CT molecular complexity index is 455. The molecule has 1 atom stereocenters. The predicted molar refractivity (Wildman–Crippen MR) is 66.3 cm³/mol. The van der Waals surface area contributed by atoms with Crippen molar-refractivity contribution in [2.75, 3.05) is 19.6 Å². The van der Waals surface area contributed by atoms with E-state index in [1.807, 2.05) is 0 Å². The van der Waals surface area contributed by atoms with Crippen LogP contribution in [0, 0.1) is 5.92 Å². The largest absolute Gasteiger partial charge is 0.505 e. The van der Waals surface area contributed by atoms with Gasteiger partial charge in [-0.2, -0.15) is 0 Å². The number of aromatic nitrogens is 1. The van der Waals surface area contributed by atoms with Gasteiger partial charge in [-0.05, 0) is 44.0 Å². The number of carbonyl (C=O) groups is 1. The van der Waals surface area contributed by atoms with E-state index in [2.05, 4.69) is 15.2 Å². The highest BCUT2D eigenvalue weighted by molar-refractivity contribution is 5.94. The summed E-state index contributed by atoms with van der Waals surface area (Å²) in [6, 6.07) is 3.29. The third-order valence-corrected chi connectivity index (χ3v) is 3.97. The van der Waals surface area contributed by atoms with Crippen LogP contribution in [0.3, 0.4) is 0 Å². The van der Waals surface area contributed by atoms with Crippen LogP contribution in [-0.4, -0.2) is 46.6 Å². The van der Waals surface area contributed by atoms with Crippen LogP contribution in [0.5, 0.6) is 5.75 Å². The van der Waals surface area contributed by atoms with Crippen molar-refractivity contribution in [3.63, 3.8) is 0 Å². The summed E-state index contributed by atoms with van der Waals surface area (Å²) in [7, 11) is 0. The molecule has 3 aliphatic heterocycles. The van der Waals surface area contributed by atoms with Crippen molar-refractivity contribution in [3.05, 3.63) is 24.0 Å². The maximum atomic E-state index is 12.1. The number of aromatic hydroxyl groups is 1. The summed E-state index contributed by atoms with van der Waals surface area (Å²) in [5.74, 6) is 0.243. The lowest BCUT2D eigenvalue weighted by Crippen LogP contribution is -2.57. The lowest BCUT2D eigenvalue weighted by molar-refractivity contribution is 0.0616. The Balaban J connectivity index is 1.70. The van der Waals surface area contributed by atoms with Crippen LogP contribution in [0.15, 0.2) is 18.3 Å². The minimum absolute atomic E-state index is 0.0590. The van der Waals surface area contributed by atoms with Gasteiger partial charge in [0.15, 0.2) is 5.69 Å². The molecule has 1 amide bonds. The maximum absolute atomic E-state index is 12.1. The summed E-state index contributed by atoms with van der Waals surface area (Å²) in [6.45, 7) is 3.21. The van der Waals surface area contributed by atoms with E-state index < -0.39 is 0 Å². The molecule has 0 radical (unpaired) electrons. The number of hydrogen-bond acceptors (Lipinski definition) is 4. The van der Waals surface area contributed by atoms with Crippen LogP contribution in [-0.2, 0) is 0 Å². The van der Waals surface area contributed by atoms with Crippen LogP contribution >= 0.6 is 0 Å². The van der Waals surface area contributed by atoms with Crippen molar-refractivity contribution in [3.8, 4) is 5.75 Å². The Hall–Kier alpha value is -1.62. The summed E-state index contributed by atoms with van der Waals surface area (Å²) in [6.07, 6.45) is 3.82. The van der Waals surface area contributed by atoms with Gasteiger partial charge >= 0.3 is 0 Å². The molecule has 2 bridgehead atoms. The summed E-state index contributed by atoms with van der Waals surface area (Å²) >= 11 is 0. The minimum Gasteiger partial charge on any atom is -0.505 e. The quantitative estimate of drug-likeness (QED) is 0.803. The molecule has 4 rings (SSSR count). The molecular weight excluding hydrogens is 230 g/mol. The summed E-state index contributed by atoms with van der Waals surface area (Å²) in [5, 5.41) is 12.6. The highest BCUT2D eigenvalue weighted by Gasteiger charge is 2.35. The molecule has 1 unspecified atom stereocenters. The number of rotatable bonds is 2. The number of nitrogens with zero attached hydrogens (tertiary/aromatic N) is 2. The van der Waals surface area contributed by atoms with Gasteiger partial charge in [-0.3, -0.25) is 4.79 Å². The van der Waals surface area contributed by atoms with Gasteiger partial charge in [0.25, 0.3) is 5.91 Å². The van der Waals surface area contributed by atoms with E-state index >= 15 is 0 Å². The zero-order valence-corrected chi connectivity index (χ0v) is 10.2. The first-order valence-electron chi connectivity index (χ1n) is 6.41. The molecule has 5 heteroatoms. The van der Waals surface area contributed by atoms with Crippen molar-refractivity contribution in [1.29, 1.82) is 0 Å². The Labute approximate surface area is 106 Å². The van der Waals surface area contributed by atoms with E-state index in [0.29, 0.717) is 5.92 Å². The Morgan fingerprint density at radius 1 is 1.44 bits per heavy atom. The van der Waals surface area contributed by atoms with Gasteiger partial charge in [-0.1, -0.05) is 0 Å². The lowest BCUT2D eigenvalue weighted by Gasteiger charge is -2.44. The van der Waals surface area contributed by atoms with Crippen molar-refractivity contribution in [2.45, 2.75) is 18.9 Å². The Kier molecular flexibility index (Phi) is 2.91. The molecule has 1 aromatic heterocycles. The first-order chi connectivity index (χ1) is 8.74. The number of carbonyl (C=O) groups excluding carboxylic acids is 1. The highest BCUT2D eigenvalue weighted by Crippen LogP contribution is 2.27. The second-order valence-electron chi connectivity index (χ2n) is 5.09. The van der Waals surface area contributed by atoms with Crippen molar-refractivity contribution in [1.82, 2.24) is 15.2 Å². The maximum Gasteiger partial charge on any atom is 0.274 e. The molecular formula is C13H17N3O2. The van der Waals surface area contributed by atoms with Gasteiger partial charge in [-0.25, -0.2) is 4.98 Å². The van der Waals surface area contributed by atoms with E-state index in [1.165, 1.54) is 12.3 Å². The third-order valence-electron chi connectivity index (χ3n) is 3.97. The first-order valence-corrected chi connectivity index (χ1v) is 6.41. The van der Waals surface area contributed by atoms with Crippen LogP contribution in [0.1, 0.15) is 23.3 Å². The fourth-order valence-corrected chi connectivity index (χ4v) is 2.94. The monoisotopic (exact) mass is 247 g/mol. The molecule has 18 heavy (non-hydrogen) atoms. The molecule has 96 valence electrons. The predicted octanol–water partition coefficient (Wildman–Crippen LogP) is 0.611. The highest BCUT2D eigenvalue weighted by atomic mass is 16.3. The number of pyridine rings is 1. The normalized spacial score (nSPS) is 30.1. The van der Waals surface area contributed by atoms with E-state index in [9.17, 15) is 9.90 Å². The molecule has 5 nitrogen and oxygen atoms in total. The van der Waals surface area contributed by atoms with Crippen LogP contribution in [0.4, 0.5) is 0 Å². The Morgan fingerprint density at radius 2 is 2.22 bits per heavy atom. The number of piperidine rings is 3. The minimum atomic E-state index is -0.271. The molecule has 4 heterocycles. The molecule has 0 aromatic carbocycles. The molecule has 1 aromatic rings. The Morgan fingerprint density at radius 3 is 2.83 bits per heavy atom. The molecule has 2 N–H and O–H groups in total. The average Bonchev–Trinajstić information content (AvgIpc) is 2.40. The van der Waals surface area contributed by atoms with Gasteiger partial charge in [0, 0.05) is 18.8 Å². The van der Waals surface area contributed by atoms with Crippen LogP contribution in [0.2, 0.25) is 0 Å². The van der Waals surface area contributed by atoms with Gasteiger partial charge in [-0.15, -0.1) is 0 Å². The van der Waals surface area contributed by atoms with Gasteiger partial charge in [0.1, 0.15) is 5.75 Å². The molecule has 3 aliphatic rings. The van der Waals surface area contributed by atoms with Crippen molar-refractivity contribution in [2.24, 2.45) is 5.92 Å². The van der Waals surface area contributed by atoms with E-state index in [-0.39, 0.29) is 23.4 Å². The third kappa shape index (κ3) is 2.06. The molecule has 3 saturated heterocycles. The molecule has 0 aliphatic carbocycles. The summed E-state index contributed by atoms with van der Waals surface area (Å²) in [5.41, 5.74) is 0.119. The number of amides is 1. The molecule has 0 spiro atoms. The molecule has 3 fully saturated rings. The topological polar surface area (TPSA) is 65.5 Å². The van der Waals surface area contributed by atoms with Crippen LogP contribution < -0.4 is 5.32 Å². The van der Waals surface area contributed by atoms with E-state index in [0.717, 1.165) is 32.5 Å². The number of hydrogen-bond donors (Lipinski definition) is 2. The van der Waals surface area contributed by atoms with Gasteiger partial charge in [0.2, 0.25) is 0 Å². The van der Waals surface area contributed by atoms with Crippen LogP contribution in [0.25, 0.3) is 0 Å². The van der Waals surface area contributed by atoms with E-state index in [1.54, 1.807) is 6.07 Å². The standard InChI is InChI=1S/C13H17N3O2/c17-11-2-1-5-14-12(11)13(18)15-10-8-16-6-3-9(10)4-7-16/h1-2,5,9-10,17H,3-4,6-8H2,(H,15,18). The fraction of sp³-hybridized carbons (Fsp3) is 0.538. The van der Waals surface area contributed by atoms with Crippen molar-refractivity contribution >= 4 is 5.91 Å². The number of nitrogens with one attached hydrogen (secondary N) is 1. The zero-order valence-electron chi connectivity index (χ0n) is 10.2. The smallest absolute Gasteiger partial charge is 0.274 e. The summed E-state index contributed by atoms with van der Waals surface area (Å²) < 4.78 is 0. The molecule has 0 saturated carbocycles. The SMILES string of the molecule is O=C(NC1CN2CCC1CC2)c1ncccc1O. The van der Waals surface area contributed by atoms with Gasteiger partial charge in [0.05, 0.1) is 0 Å². The van der Waals surface area contributed by atoms with Crippen molar-refractivity contribution < 1.29 is 9.90 Å². The second-order valence-corrected chi connectivity index (χ2v) is 5.09. The van der Waals surface area contributed by atoms with Gasteiger partial charge < -0.3 is 15.3 Å². The zero-order chi connectivity index (χ0) is 12.5. The number of fused-ring (bicyclic) bond motifs is 3. The fourth-order valence-electron chi connectivity index (χ4n) is 2.94. The summed E-state index contributed by atoms with van der Waals surface area (Å²) in [4.78, 5) is 18.4. The van der Waals surface area contributed by atoms with E-state index in [4.69, 9.17) is 0 Å². The lowest BCUT2D eigenvalue weighted by atomic mass is 9.84.